The van der Waals surface area contributed by atoms with Gasteiger partial charge in [-0.1, -0.05) is 30.3 Å². The van der Waals surface area contributed by atoms with Crippen molar-refractivity contribution < 1.29 is 27.2 Å². The molecular weight excluding hydrogens is 525 g/mol. The highest BCUT2D eigenvalue weighted by Crippen LogP contribution is 2.30. The van der Waals surface area contributed by atoms with Gasteiger partial charge >= 0.3 is 6.18 Å². The third-order valence-corrected chi connectivity index (χ3v) is 6.95. The van der Waals surface area contributed by atoms with E-state index in [4.69, 9.17) is 10.2 Å². The maximum Gasteiger partial charge on any atom is 0.405 e. The van der Waals surface area contributed by atoms with Gasteiger partial charge in [-0.3, -0.25) is 24.4 Å². The number of amides is 2. The van der Waals surface area contributed by atoms with Crippen LogP contribution in [0.25, 0.3) is 11.5 Å². The minimum absolute atomic E-state index is 0.183. The fourth-order valence-corrected chi connectivity index (χ4v) is 5.08. The van der Waals surface area contributed by atoms with Crippen molar-refractivity contribution in [3.63, 3.8) is 0 Å². The molecule has 4 rings (SSSR count). The summed E-state index contributed by atoms with van der Waals surface area (Å²) >= 11 is 0. The molecule has 214 valence electrons. The third-order valence-electron chi connectivity index (χ3n) is 6.95. The van der Waals surface area contributed by atoms with Gasteiger partial charge in [-0.05, 0) is 37.1 Å². The summed E-state index contributed by atoms with van der Waals surface area (Å²) in [7, 11) is 0. The summed E-state index contributed by atoms with van der Waals surface area (Å²) < 4.78 is 45.5. The van der Waals surface area contributed by atoms with Gasteiger partial charge in [0.1, 0.15) is 23.5 Å². The Morgan fingerprint density at radius 3 is 2.58 bits per heavy atom. The Kier molecular flexibility index (Phi) is 9.54. The van der Waals surface area contributed by atoms with E-state index in [1.54, 1.807) is 24.7 Å². The van der Waals surface area contributed by atoms with Gasteiger partial charge in [0.05, 0.1) is 12.7 Å². The number of piperazine rings is 1. The molecule has 0 bridgehead atoms. The summed E-state index contributed by atoms with van der Waals surface area (Å²) in [4.78, 5) is 37.2. The maximum absolute atomic E-state index is 13.7. The summed E-state index contributed by atoms with van der Waals surface area (Å²) in [6, 6.07) is 12.9. The summed E-state index contributed by atoms with van der Waals surface area (Å²) in [5.41, 5.74) is 5.41. The van der Waals surface area contributed by atoms with Gasteiger partial charge in [0, 0.05) is 44.9 Å². The molecule has 1 atom stereocenters. The second kappa shape index (κ2) is 13.1. The smallest absolute Gasteiger partial charge is 0.405 e. The molecular formula is C28H33F3N6O3. The zero-order valence-corrected chi connectivity index (χ0v) is 22.1. The number of unbranched alkanes of at least 4 members (excludes halogenated alkanes) is 1. The molecule has 2 aromatic heterocycles. The molecule has 1 aliphatic heterocycles. The number of carbonyl (C=O) groups is 2. The van der Waals surface area contributed by atoms with Crippen molar-refractivity contribution in [1.82, 2.24) is 25.1 Å². The molecule has 1 unspecified atom stereocenters. The molecule has 40 heavy (non-hydrogen) atoms. The molecule has 0 radical (unpaired) electrons. The number of nitrogens with two attached hydrogens (primary N) is 1. The molecule has 1 aliphatic rings. The fourth-order valence-electron chi connectivity index (χ4n) is 5.08. The van der Waals surface area contributed by atoms with Crippen molar-refractivity contribution in [3.05, 3.63) is 72.4 Å². The number of nitrogens with one attached hydrogen (secondary N) is 1. The maximum atomic E-state index is 13.7. The Morgan fingerprint density at radius 2 is 1.88 bits per heavy atom. The highest BCUT2D eigenvalue weighted by molar-refractivity contribution is 5.87. The minimum Gasteiger partial charge on any atom is -0.458 e. The highest BCUT2D eigenvalue weighted by Gasteiger charge is 2.48. The number of aromatic nitrogens is 2. The van der Waals surface area contributed by atoms with Gasteiger partial charge in [0.2, 0.25) is 11.8 Å². The van der Waals surface area contributed by atoms with Crippen LogP contribution in [0.5, 0.6) is 0 Å². The standard InChI is InChI=1S/C28H33F3N6O3/c29-28(30,31)19-35-26(39)27(16-21-6-2-1-3-7-21)20-36(14-15-37(27)13-5-4-8-25(32)38)18-22-9-10-24(40-22)23-17-33-11-12-34-23/h1-3,6-7,9-12,17H,4-5,8,13-16,18-20H2,(H2,32,38)(H,35,39). The lowest BCUT2D eigenvalue weighted by atomic mass is 9.84. The van der Waals surface area contributed by atoms with Gasteiger partial charge in [0.25, 0.3) is 0 Å². The van der Waals surface area contributed by atoms with Crippen molar-refractivity contribution in [2.75, 3.05) is 32.7 Å². The van der Waals surface area contributed by atoms with E-state index in [2.05, 4.69) is 15.3 Å². The van der Waals surface area contributed by atoms with E-state index in [0.717, 1.165) is 5.56 Å². The monoisotopic (exact) mass is 558 g/mol. The van der Waals surface area contributed by atoms with Crippen LogP contribution in [0.2, 0.25) is 0 Å². The Hall–Kier alpha value is -3.77. The van der Waals surface area contributed by atoms with Crippen LogP contribution in [-0.4, -0.2) is 76.0 Å². The lowest BCUT2D eigenvalue weighted by Gasteiger charge is -2.50. The first-order chi connectivity index (χ1) is 19.1. The molecule has 1 saturated heterocycles. The van der Waals surface area contributed by atoms with Gasteiger partial charge in [0.15, 0.2) is 5.76 Å². The van der Waals surface area contributed by atoms with E-state index in [0.29, 0.717) is 56.2 Å². The van der Waals surface area contributed by atoms with E-state index in [-0.39, 0.29) is 19.4 Å². The predicted molar refractivity (Wildman–Crippen MR) is 142 cm³/mol. The minimum atomic E-state index is -4.55. The average Bonchev–Trinajstić information content (AvgIpc) is 3.39. The van der Waals surface area contributed by atoms with E-state index in [1.807, 2.05) is 46.2 Å². The highest BCUT2D eigenvalue weighted by atomic mass is 19.4. The first-order valence-corrected chi connectivity index (χ1v) is 13.1. The van der Waals surface area contributed by atoms with Crippen LogP contribution in [0, 0.1) is 0 Å². The number of hydrogen-bond donors (Lipinski definition) is 2. The van der Waals surface area contributed by atoms with E-state index in [1.165, 1.54) is 0 Å². The van der Waals surface area contributed by atoms with Gasteiger partial charge < -0.3 is 15.5 Å². The molecule has 3 heterocycles. The molecule has 0 aliphatic carbocycles. The normalized spacial score (nSPS) is 18.5. The number of alkyl halides is 3. The average molecular weight is 559 g/mol. The number of rotatable bonds is 12. The van der Waals surface area contributed by atoms with Crippen LogP contribution in [0.1, 0.15) is 30.6 Å². The van der Waals surface area contributed by atoms with Crippen molar-refractivity contribution in [2.45, 2.75) is 43.9 Å². The van der Waals surface area contributed by atoms with Gasteiger partial charge in [-0.25, -0.2) is 4.98 Å². The SMILES string of the molecule is NC(=O)CCCCN1CCN(Cc2ccc(-c3cnccn3)o2)CC1(Cc1ccccc1)C(=O)NCC(F)(F)F. The zero-order chi connectivity index (χ0) is 28.6. The van der Waals surface area contributed by atoms with Crippen LogP contribution in [0.3, 0.4) is 0 Å². The number of nitrogens with zero attached hydrogens (tertiary/aromatic N) is 4. The number of carbonyl (C=O) groups excluding carboxylic acids is 2. The Morgan fingerprint density at radius 1 is 1.07 bits per heavy atom. The van der Waals surface area contributed by atoms with E-state index in [9.17, 15) is 22.8 Å². The molecule has 0 saturated carbocycles. The molecule has 1 fully saturated rings. The first kappa shape index (κ1) is 29.2. The predicted octanol–water partition coefficient (Wildman–Crippen LogP) is 3.17. The van der Waals surface area contributed by atoms with Crippen molar-refractivity contribution >= 4 is 11.8 Å². The van der Waals surface area contributed by atoms with E-state index < -0.39 is 30.1 Å². The number of furan rings is 1. The quantitative estimate of drug-likeness (QED) is 0.328. The van der Waals surface area contributed by atoms with Gasteiger partial charge in [-0.2, -0.15) is 13.2 Å². The topological polar surface area (TPSA) is 118 Å². The van der Waals surface area contributed by atoms with Crippen LogP contribution in [0.15, 0.2) is 65.5 Å². The first-order valence-electron chi connectivity index (χ1n) is 13.1. The second-order valence-electron chi connectivity index (χ2n) is 9.97. The number of halogens is 3. The summed E-state index contributed by atoms with van der Waals surface area (Å²) in [6.07, 6.45) is 1.70. The lowest BCUT2D eigenvalue weighted by Crippen LogP contribution is -2.70. The van der Waals surface area contributed by atoms with Crippen molar-refractivity contribution in [3.8, 4) is 11.5 Å². The number of hydrogen-bond acceptors (Lipinski definition) is 7. The van der Waals surface area contributed by atoms with Gasteiger partial charge in [-0.15, -0.1) is 0 Å². The summed E-state index contributed by atoms with van der Waals surface area (Å²) in [5, 5.41) is 2.16. The molecule has 0 spiro atoms. The van der Waals surface area contributed by atoms with Crippen molar-refractivity contribution in [2.24, 2.45) is 5.73 Å². The summed E-state index contributed by atoms with van der Waals surface area (Å²) in [5.74, 6) is 0.0880. The molecule has 9 nitrogen and oxygen atoms in total. The molecule has 12 heteroatoms. The number of benzene rings is 1. The molecule has 3 N–H and O–H groups in total. The fraction of sp³-hybridized carbons (Fsp3) is 0.429. The van der Waals surface area contributed by atoms with Crippen LogP contribution in [-0.2, 0) is 22.6 Å². The molecule has 1 aromatic carbocycles. The second-order valence-corrected chi connectivity index (χ2v) is 9.97. The molecule has 3 aromatic rings. The summed E-state index contributed by atoms with van der Waals surface area (Å²) in [6.45, 7) is 0.574. The van der Waals surface area contributed by atoms with Crippen LogP contribution >= 0.6 is 0 Å². The van der Waals surface area contributed by atoms with Crippen LogP contribution < -0.4 is 11.1 Å². The van der Waals surface area contributed by atoms with Crippen LogP contribution in [0.4, 0.5) is 13.2 Å². The third kappa shape index (κ3) is 7.89. The largest absolute Gasteiger partial charge is 0.458 e. The van der Waals surface area contributed by atoms with Crippen molar-refractivity contribution in [1.29, 1.82) is 0 Å². The Bertz CT molecular complexity index is 1250. The zero-order valence-electron chi connectivity index (χ0n) is 22.1. The Balaban J connectivity index is 1.60. The van der Waals surface area contributed by atoms with E-state index >= 15 is 0 Å². The molecule has 2 amide bonds. The Labute approximate surface area is 230 Å². The lowest BCUT2D eigenvalue weighted by molar-refractivity contribution is -0.150. The number of primary amides is 1.